The number of nitrogens with zero attached hydrogens (tertiary/aromatic N) is 3. The average molecular weight is 878 g/mol. The van der Waals surface area contributed by atoms with Crippen molar-refractivity contribution in [2.45, 2.75) is 0 Å². The maximum Gasteiger partial charge on any atom is 0.0620 e. The largest absolute Gasteiger partial charge is 0.311 e. The van der Waals surface area contributed by atoms with E-state index < -0.39 is 0 Å². The summed E-state index contributed by atoms with van der Waals surface area (Å²) in [7, 11) is 0. The van der Waals surface area contributed by atoms with E-state index >= 15 is 0 Å². The van der Waals surface area contributed by atoms with Crippen LogP contribution in [0.15, 0.2) is 261 Å². The highest BCUT2D eigenvalue weighted by Crippen LogP contribution is 2.42. The molecule has 0 amide bonds. The lowest BCUT2D eigenvalue weighted by Gasteiger charge is -2.26. The molecule has 0 aliphatic carbocycles. The first-order chi connectivity index (χ1) is 34.2. The Balaban J connectivity index is 0.833. The van der Waals surface area contributed by atoms with Crippen LogP contribution in [0.25, 0.3) is 110 Å². The van der Waals surface area contributed by atoms with Gasteiger partial charge in [0.25, 0.3) is 0 Å². The van der Waals surface area contributed by atoms with Gasteiger partial charge in [0.15, 0.2) is 0 Å². The molecule has 3 heterocycles. The molecule has 14 aromatic rings. The Morgan fingerprint density at radius 2 is 0.580 bits per heavy atom. The monoisotopic (exact) mass is 877 g/mol. The molecular weight excluding hydrogens is 835 g/mol. The molecule has 3 aromatic heterocycles. The summed E-state index contributed by atoms with van der Waals surface area (Å²) in [4.78, 5) is 2.37. The van der Waals surface area contributed by atoms with Crippen LogP contribution in [0.3, 0.4) is 0 Å². The summed E-state index contributed by atoms with van der Waals surface area (Å²) in [6, 6.07) is 95.3. The summed E-state index contributed by atoms with van der Waals surface area (Å²) in [6.07, 6.45) is 0. The predicted molar refractivity (Wildman–Crippen MR) is 292 cm³/mol. The van der Waals surface area contributed by atoms with E-state index in [0.717, 1.165) is 22.7 Å². The predicted octanol–water partition coefficient (Wildman–Crippen LogP) is 18.1. The van der Waals surface area contributed by atoms with Crippen molar-refractivity contribution >= 4 is 77.0 Å². The van der Waals surface area contributed by atoms with Crippen LogP contribution in [0.4, 0.5) is 17.1 Å². The van der Waals surface area contributed by atoms with Crippen LogP contribution >= 0.6 is 0 Å². The lowest BCUT2D eigenvalue weighted by molar-refractivity contribution is 1.18. The number of hydrogen-bond donors (Lipinski definition) is 0. The molecule has 0 spiro atoms. The zero-order valence-corrected chi connectivity index (χ0v) is 37.7. The Labute approximate surface area is 400 Å². The van der Waals surface area contributed by atoms with Crippen molar-refractivity contribution in [3.63, 3.8) is 0 Å². The maximum absolute atomic E-state index is 2.44. The quantitative estimate of drug-likeness (QED) is 0.148. The van der Waals surface area contributed by atoms with E-state index in [1.54, 1.807) is 0 Å². The molecule has 0 bridgehead atoms. The Morgan fingerprint density at radius 3 is 1.14 bits per heavy atom. The highest BCUT2D eigenvalue weighted by molar-refractivity contribution is 6.23. The number of benzene rings is 11. The highest BCUT2D eigenvalue weighted by Gasteiger charge is 2.19. The number of para-hydroxylation sites is 4. The standard InChI is InChI=1S/C66H43N3/c1-3-12-44(13-4-1)45-22-24-46(25-23-45)47-26-34-53(35-27-47)67(54-36-28-48(29-37-54)50-32-40-64-60(42-50)57-17-8-9-20-62(57)68(64)52-14-5-2-6-15-52)55-38-30-49(31-39-55)51-33-41-65-61(43-51)59-19-11-18-58-56-16-7-10-21-63(56)69(65)66(58)59/h1-43H. The Hall–Kier alpha value is -9.18. The molecule has 0 aliphatic rings. The van der Waals surface area contributed by atoms with Gasteiger partial charge in [0.1, 0.15) is 0 Å². The molecule has 0 fully saturated rings. The van der Waals surface area contributed by atoms with E-state index in [1.807, 2.05) is 0 Å². The molecule has 0 saturated heterocycles. The first kappa shape index (κ1) is 39.0. The van der Waals surface area contributed by atoms with Gasteiger partial charge in [-0.3, -0.25) is 0 Å². The van der Waals surface area contributed by atoms with Crippen LogP contribution in [0.1, 0.15) is 0 Å². The van der Waals surface area contributed by atoms with Crippen molar-refractivity contribution in [3.8, 4) is 50.2 Å². The molecular formula is C66H43N3. The highest BCUT2D eigenvalue weighted by atomic mass is 15.1. The van der Waals surface area contributed by atoms with Gasteiger partial charge in [-0.15, -0.1) is 0 Å². The van der Waals surface area contributed by atoms with Gasteiger partial charge in [-0.25, -0.2) is 0 Å². The van der Waals surface area contributed by atoms with E-state index in [4.69, 9.17) is 0 Å². The minimum atomic E-state index is 1.09. The third-order valence-corrected chi connectivity index (χ3v) is 14.3. The molecule has 0 radical (unpaired) electrons. The summed E-state index contributed by atoms with van der Waals surface area (Å²) >= 11 is 0. The van der Waals surface area contributed by atoms with Gasteiger partial charge in [0.2, 0.25) is 0 Å². The fourth-order valence-electron chi connectivity index (χ4n) is 11.0. The van der Waals surface area contributed by atoms with Crippen molar-refractivity contribution in [1.29, 1.82) is 0 Å². The van der Waals surface area contributed by atoms with E-state index in [2.05, 4.69) is 275 Å². The molecule has 0 N–H and O–H groups in total. The van der Waals surface area contributed by atoms with Gasteiger partial charge in [-0.05, 0) is 129 Å². The van der Waals surface area contributed by atoms with Gasteiger partial charge in [-0.2, -0.15) is 0 Å². The van der Waals surface area contributed by atoms with Gasteiger partial charge in [0, 0.05) is 55.1 Å². The average Bonchev–Trinajstić information content (AvgIpc) is 4.07. The second kappa shape index (κ2) is 15.7. The molecule has 3 heteroatoms. The van der Waals surface area contributed by atoms with Crippen LogP contribution in [0, 0.1) is 0 Å². The summed E-state index contributed by atoms with van der Waals surface area (Å²) < 4.78 is 4.81. The summed E-state index contributed by atoms with van der Waals surface area (Å²) in [5, 5.41) is 7.68. The van der Waals surface area contributed by atoms with Gasteiger partial charge >= 0.3 is 0 Å². The Bertz CT molecular complexity index is 4180. The van der Waals surface area contributed by atoms with E-state index in [9.17, 15) is 0 Å². The number of hydrogen-bond acceptors (Lipinski definition) is 1. The number of fused-ring (bicyclic) bond motifs is 9. The number of rotatable bonds is 8. The zero-order valence-electron chi connectivity index (χ0n) is 37.7. The maximum atomic E-state index is 2.44. The van der Waals surface area contributed by atoms with Crippen molar-refractivity contribution in [2.24, 2.45) is 0 Å². The normalized spacial score (nSPS) is 11.8. The van der Waals surface area contributed by atoms with Crippen LogP contribution < -0.4 is 4.90 Å². The Kier molecular flexibility index (Phi) is 8.90. The van der Waals surface area contributed by atoms with E-state index in [-0.39, 0.29) is 0 Å². The molecule has 0 aliphatic heterocycles. The molecule has 0 saturated carbocycles. The number of anilines is 3. The van der Waals surface area contributed by atoms with Crippen LogP contribution in [0.5, 0.6) is 0 Å². The molecule has 322 valence electrons. The lowest BCUT2D eigenvalue weighted by atomic mass is 9.99. The second-order valence-electron chi connectivity index (χ2n) is 18.1. The van der Waals surface area contributed by atoms with Crippen molar-refractivity contribution in [2.75, 3.05) is 4.90 Å². The van der Waals surface area contributed by atoms with Crippen molar-refractivity contribution in [1.82, 2.24) is 8.97 Å². The first-order valence-electron chi connectivity index (χ1n) is 23.7. The van der Waals surface area contributed by atoms with Gasteiger partial charge in [0.05, 0.1) is 27.6 Å². The molecule has 11 aromatic carbocycles. The van der Waals surface area contributed by atoms with Crippen molar-refractivity contribution in [3.05, 3.63) is 261 Å². The van der Waals surface area contributed by atoms with E-state index in [1.165, 1.54) is 104 Å². The fourth-order valence-corrected chi connectivity index (χ4v) is 11.0. The zero-order chi connectivity index (χ0) is 45.4. The molecule has 3 nitrogen and oxygen atoms in total. The Morgan fingerprint density at radius 1 is 0.232 bits per heavy atom. The van der Waals surface area contributed by atoms with E-state index in [0.29, 0.717) is 0 Å². The summed E-state index contributed by atoms with van der Waals surface area (Å²) in [5.74, 6) is 0. The molecule has 0 unspecified atom stereocenters. The van der Waals surface area contributed by atoms with Crippen LogP contribution in [-0.4, -0.2) is 8.97 Å². The van der Waals surface area contributed by atoms with Crippen LogP contribution in [0.2, 0.25) is 0 Å². The first-order valence-corrected chi connectivity index (χ1v) is 23.7. The van der Waals surface area contributed by atoms with Gasteiger partial charge in [-0.1, -0.05) is 176 Å². The minimum Gasteiger partial charge on any atom is -0.311 e. The third kappa shape index (κ3) is 6.36. The second-order valence-corrected chi connectivity index (χ2v) is 18.1. The van der Waals surface area contributed by atoms with Crippen molar-refractivity contribution < 1.29 is 0 Å². The molecule has 14 rings (SSSR count). The smallest absolute Gasteiger partial charge is 0.0620 e. The lowest BCUT2D eigenvalue weighted by Crippen LogP contribution is -2.09. The van der Waals surface area contributed by atoms with Gasteiger partial charge < -0.3 is 13.9 Å². The SMILES string of the molecule is c1ccc(-c2ccc(-c3ccc(N(c4ccc(-c5ccc6c(c5)c5ccccc5n6-c5ccccc5)cc4)c4ccc(-c5ccc6c(c5)c5cccc7c8ccccc8n6c75)cc4)cc3)cc2)cc1. The van der Waals surface area contributed by atoms with Crippen LogP contribution in [-0.2, 0) is 0 Å². The topological polar surface area (TPSA) is 12.6 Å². The fraction of sp³-hybridized carbons (Fsp3) is 0. The molecule has 0 atom stereocenters. The molecule has 69 heavy (non-hydrogen) atoms. The summed E-state index contributed by atoms with van der Waals surface area (Å²) in [5.41, 5.74) is 20.2. The minimum absolute atomic E-state index is 1.09. The summed E-state index contributed by atoms with van der Waals surface area (Å²) in [6.45, 7) is 0. The number of aromatic nitrogens is 2. The third-order valence-electron chi connectivity index (χ3n) is 14.3.